The molecule has 1 rings (SSSR count). The van der Waals surface area contributed by atoms with E-state index >= 15 is 0 Å². The summed E-state index contributed by atoms with van der Waals surface area (Å²) in [5.41, 5.74) is 6.43. The van der Waals surface area contributed by atoms with Gasteiger partial charge in [0.25, 0.3) is 0 Å². The number of halogens is 1. The second kappa shape index (κ2) is 7.24. The maximum Gasteiger partial charge on any atom is 0.170 e. The molecule has 0 heterocycles. The molecular formula is C15H24FN3O. The van der Waals surface area contributed by atoms with Gasteiger partial charge in [0.1, 0.15) is 5.82 Å². The van der Waals surface area contributed by atoms with Crippen molar-refractivity contribution in [3.63, 3.8) is 0 Å². The first-order valence-electron chi connectivity index (χ1n) is 6.81. The summed E-state index contributed by atoms with van der Waals surface area (Å²) in [5.74, 6) is 0.190. The average Bonchev–Trinajstić information content (AvgIpc) is 2.39. The molecule has 0 radical (unpaired) electrons. The van der Waals surface area contributed by atoms with Crippen LogP contribution in [-0.4, -0.2) is 29.0 Å². The van der Waals surface area contributed by atoms with Crippen molar-refractivity contribution in [3.8, 4) is 0 Å². The molecular weight excluding hydrogens is 257 g/mol. The Labute approximate surface area is 120 Å². The third-order valence-corrected chi connectivity index (χ3v) is 3.44. The molecule has 1 atom stereocenters. The van der Waals surface area contributed by atoms with Crippen molar-refractivity contribution in [2.75, 3.05) is 7.05 Å². The van der Waals surface area contributed by atoms with Gasteiger partial charge >= 0.3 is 0 Å². The van der Waals surface area contributed by atoms with Crippen LogP contribution < -0.4 is 5.73 Å². The van der Waals surface area contributed by atoms with Crippen molar-refractivity contribution in [2.45, 2.75) is 39.8 Å². The number of nitrogens with two attached hydrogens (primary N) is 1. The summed E-state index contributed by atoms with van der Waals surface area (Å²) in [7, 11) is 1.99. The Morgan fingerprint density at radius 1 is 1.40 bits per heavy atom. The van der Waals surface area contributed by atoms with Crippen molar-refractivity contribution in [3.05, 3.63) is 35.1 Å². The molecule has 0 aromatic heterocycles. The molecule has 4 nitrogen and oxygen atoms in total. The van der Waals surface area contributed by atoms with Crippen molar-refractivity contribution >= 4 is 5.84 Å². The zero-order chi connectivity index (χ0) is 15.3. The Bertz CT molecular complexity index is 474. The average molecular weight is 281 g/mol. The second-order valence-electron chi connectivity index (χ2n) is 5.69. The highest BCUT2D eigenvalue weighted by molar-refractivity contribution is 5.97. The third kappa shape index (κ3) is 4.49. The molecule has 0 saturated carbocycles. The van der Waals surface area contributed by atoms with Crippen LogP contribution >= 0.6 is 0 Å². The van der Waals surface area contributed by atoms with E-state index in [1.807, 2.05) is 7.05 Å². The molecule has 20 heavy (non-hydrogen) atoms. The number of hydrogen-bond acceptors (Lipinski definition) is 3. The lowest BCUT2D eigenvalue weighted by molar-refractivity contribution is 0.218. The van der Waals surface area contributed by atoms with Gasteiger partial charge in [-0.05, 0) is 32.4 Å². The van der Waals surface area contributed by atoms with Crippen LogP contribution in [0.4, 0.5) is 4.39 Å². The highest BCUT2D eigenvalue weighted by Crippen LogP contribution is 2.16. The summed E-state index contributed by atoms with van der Waals surface area (Å²) in [6.45, 7) is 7.03. The minimum atomic E-state index is -0.335. The van der Waals surface area contributed by atoms with Crippen LogP contribution in [-0.2, 0) is 6.54 Å². The third-order valence-electron chi connectivity index (χ3n) is 3.44. The van der Waals surface area contributed by atoms with E-state index in [1.165, 1.54) is 6.07 Å². The molecule has 1 aromatic rings. The summed E-state index contributed by atoms with van der Waals surface area (Å²) in [5, 5.41) is 11.5. The first-order chi connectivity index (χ1) is 9.35. The Balaban J connectivity index is 2.78. The molecule has 1 aromatic carbocycles. The van der Waals surface area contributed by atoms with Crippen LogP contribution in [0.5, 0.6) is 0 Å². The molecule has 3 N–H and O–H groups in total. The summed E-state index contributed by atoms with van der Waals surface area (Å²) >= 11 is 0. The highest BCUT2D eigenvalue weighted by Gasteiger charge is 2.14. The molecule has 112 valence electrons. The van der Waals surface area contributed by atoms with Gasteiger partial charge < -0.3 is 10.9 Å². The Morgan fingerprint density at radius 2 is 2.05 bits per heavy atom. The van der Waals surface area contributed by atoms with Gasteiger partial charge in [-0.1, -0.05) is 31.1 Å². The number of hydrogen-bond donors (Lipinski definition) is 2. The number of amidine groups is 1. The standard InChI is InChI=1S/C15H24FN3O/c1-10(2)7-11(3)19(4)9-13-6-5-12(8-14(13)16)15(17)18-20/h5-6,8,10-11,20H,7,9H2,1-4H3,(H2,17,18). The monoisotopic (exact) mass is 281 g/mol. The number of rotatable bonds is 6. The summed E-state index contributed by atoms with van der Waals surface area (Å²) < 4.78 is 14.0. The van der Waals surface area contributed by atoms with Crippen molar-refractivity contribution in [1.29, 1.82) is 0 Å². The molecule has 0 amide bonds. The molecule has 0 aliphatic carbocycles. The zero-order valence-electron chi connectivity index (χ0n) is 12.6. The Hall–Kier alpha value is -1.62. The number of benzene rings is 1. The zero-order valence-corrected chi connectivity index (χ0v) is 12.6. The number of oxime groups is 1. The van der Waals surface area contributed by atoms with Gasteiger partial charge in [-0.25, -0.2) is 4.39 Å². The molecule has 0 bridgehead atoms. The largest absolute Gasteiger partial charge is 0.409 e. The Kier molecular flexibility index (Phi) is 5.95. The normalized spacial score (nSPS) is 14.1. The molecule has 0 fully saturated rings. The molecule has 0 aliphatic heterocycles. The van der Waals surface area contributed by atoms with Gasteiger partial charge in [0.15, 0.2) is 5.84 Å². The number of nitrogens with zero attached hydrogens (tertiary/aromatic N) is 2. The lowest BCUT2D eigenvalue weighted by atomic mass is 10.0. The Morgan fingerprint density at radius 3 is 2.55 bits per heavy atom. The van der Waals surface area contributed by atoms with Crippen LogP contribution in [0.25, 0.3) is 0 Å². The van der Waals surface area contributed by atoms with Crippen LogP contribution in [0.3, 0.4) is 0 Å². The summed E-state index contributed by atoms with van der Waals surface area (Å²) in [6, 6.07) is 5.03. The van der Waals surface area contributed by atoms with Crippen LogP contribution in [0.1, 0.15) is 38.3 Å². The van der Waals surface area contributed by atoms with E-state index in [2.05, 4.69) is 30.8 Å². The minimum absolute atomic E-state index is 0.0861. The predicted molar refractivity (Wildman–Crippen MR) is 79.3 cm³/mol. The van der Waals surface area contributed by atoms with Crippen molar-refractivity contribution in [2.24, 2.45) is 16.8 Å². The van der Waals surface area contributed by atoms with Crippen LogP contribution in [0.15, 0.2) is 23.4 Å². The first-order valence-corrected chi connectivity index (χ1v) is 6.81. The SMILES string of the molecule is CC(C)CC(C)N(C)Cc1ccc(C(N)=NO)cc1F. The molecule has 5 heteroatoms. The quantitative estimate of drug-likeness (QED) is 0.365. The van der Waals surface area contributed by atoms with E-state index < -0.39 is 0 Å². The fourth-order valence-corrected chi connectivity index (χ4v) is 2.18. The lowest BCUT2D eigenvalue weighted by Gasteiger charge is -2.26. The maximum atomic E-state index is 14.0. The molecule has 0 aliphatic rings. The van der Waals surface area contributed by atoms with E-state index in [9.17, 15) is 4.39 Å². The van der Waals surface area contributed by atoms with Crippen LogP contribution in [0.2, 0.25) is 0 Å². The molecule has 0 saturated heterocycles. The van der Waals surface area contributed by atoms with E-state index in [1.54, 1.807) is 12.1 Å². The van der Waals surface area contributed by atoms with Crippen LogP contribution in [0, 0.1) is 11.7 Å². The topological polar surface area (TPSA) is 61.8 Å². The smallest absolute Gasteiger partial charge is 0.170 e. The summed E-state index contributed by atoms with van der Waals surface area (Å²) in [6.07, 6.45) is 1.07. The minimum Gasteiger partial charge on any atom is -0.409 e. The van der Waals surface area contributed by atoms with E-state index in [4.69, 9.17) is 10.9 Å². The maximum absolute atomic E-state index is 14.0. The van der Waals surface area contributed by atoms with E-state index in [0.29, 0.717) is 29.6 Å². The van der Waals surface area contributed by atoms with Gasteiger partial charge in [0, 0.05) is 23.7 Å². The molecule has 0 spiro atoms. The first kappa shape index (κ1) is 16.4. The van der Waals surface area contributed by atoms with E-state index in [0.717, 1.165) is 6.42 Å². The fraction of sp³-hybridized carbons (Fsp3) is 0.533. The van der Waals surface area contributed by atoms with Gasteiger partial charge in [0.05, 0.1) is 0 Å². The predicted octanol–water partition coefficient (Wildman–Crippen LogP) is 2.79. The highest BCUT2D eigenvalue weighted by atomic mass is 19.1. The fourth-order valence-electron chi connectivity index (χ4n) is 2.18. The lowest BCUT2D eigenvalue weighted by Crippen LogP contribution is -2.30. The second-order valence-corrected chi connectivity index (χ2v) is 5.69. The van der Waals surface area contributed by atoms with E-state index in [-0.39, 0.29) is 11.7 Å². The van der Waals surface area contributed by atoms with Crippen molar-refractivity contribution in [1.82, 2.24) is 4.90 Å². The van der Waals surface area contributed by atoms with Gasteiger partial charge in [-0.15, -0.1) is 0 Å². The van der Waals surface area contributed by atoms with Gasteiger partial charge in [-0.3, -0.25) is 4.90 Å². The van der Waals surface area contributed by atoms with Gasteiger partial charge in [0.2, 0.25) is 0 Å². The van der Waals surface area contributed by atoms with Crippen molar-refractivity contribution < 1.29 is 9.60 Å². The molecule has 1 unspecified atom stereocenters. The van der Waals surface area contributed by atoms with Gasteiger partial charge in [-0.2, -0.15) is 0 Å². The summed E-state index contributed by atoms with van der Waals surface area (Å²) in [4.78, 5) is 2.13.